The Hall–Kier alpha value is -1.39. The van der Waals surface area contributed by atoms with Gasteiger partial charge in [0, 0.05) is 6.54 Å². The molecule has 4 heteroatoms. The quantitative estimate of drug-likeness (QED) is 0.813. The van der Waals surface area contributed by atoms with E-state index in [0.717, 1.165) is 12.1 Å². The Morgan fingerprint density at radius 3 is 2.75 bits per heavy atom. The highest BCUT2D eigenvalue weighted by molar-refractivity contribution is 5.73. The van der Waals surface area contributed by atoms with Crippen LogP contribution in [0.25, 0.3) is 0 Å². The Morgan fingerprint density at radius 2 is 2.12 bits per heavy atom. The summed E-state index contributed by atoms with van der Waals surface area (Å²) in [5, 5.41) is 9.14. The molecule has 0 amide bonds. The highest BCUT2D eigenvalue weighted by Crippen LogP contribution is 2.28. The van der Waals surface area contributed by atoms with Crippen molar-refractivity contribution in [2.45, 2.75) is 12.1 Å². The lowest BCUT2D eigenvalue weighted by atomic mass is 9.99. The van der Waals surface area contributed by atoms with Crippen LogP contribution in [0.15, 0.2) is 30.3 Å². The number of aliphatic carboxylic acids is 1. The second-order valence-electron chi connectivity index (χ2n) is 3.97. The van der Waals surface area contributed by atoms with Crippen LogP contribution in [0.2, 0.25) is 0 Å². The summed E-state index contributed by atoms with van der Waals surface area (Å²) in [5.41, 5.74) is 0.983. The number of nitrogens with zero attached hydrogens (tertiary/aromatic N) is 1. The number of morpholine rings is 1. The molecule has 1 aromatic rings. The Balaban J connectivity index is 2.30. The molecule has 16 heavy (non-hydrogen) atoms. The van der Waals surface area contributed by atoms with E-state index in [-0.39, 0.29) is 6.04 Å². The van der Waals surface area contributed by atoms with Crippen molar-refractivity contribution in [2.75, 3.05) is 20.2 Å². The molecule has 0 spiro atoms. The summed E-state index contributed by atoms with van der Waals surface area (Å²) in [6, 6.07) is 9.42. The van der Waals surface area contributed by atoms with Crippen molar-refractivity contribution in [1.82, 2.24) is 4.90 Å². The molecule has 1 saturated heterocycles. The van der Waals surface area contributed by atoms with Crippen LogP contribution in [-0.4, -0.2) is 42.3 Å². The van der Waals surface area contributed by atoms with Crippen molar-refractivity contribution in [3.63, 3.8) is 0 Å². The molecule has 2 unspecified atom stereocenters. The number of hydrogen-bond donors (Lipinski definition) is 1. The second-order valence-corrected chi connectivity index (χ2v) is 3.97. The lowest BCUT2D eigenvalue weighted by molar-refractivity contribution is -0.162. The molecule has 0 saturated carbocycles. The van der Waals surface area contributed by atoms with E-state index in [1.54, 1.807) is 0 Å². The molecule has 0 aliphatic carbocycles. The van der Waals surface area contributed by atoms with Gasteiger partial charge in [0.05, 0.1) is 12.6 Å². The Morgan fingerprint density at radius 1 is 1.44 bits per heavy atom. The maximum Gasteiger partial charge on any atom is 0.334 e. The molecule has 4 nitrogen and oxygen atoms in total. The fourth-order valence-corrected chi connectivity index (χ4v) is 2.07. The molecule has 0 bridgehead atoms. The molecule has 0 aromatic heterocycles. The van der Waals surface area contributed by atoms with E-state index in [1.165, 1.54) is 0 Å². The van der Waals surface area contributed by atoms with Crippen LogP contribution in [0.5, 0.6) is 0 Å². The first-order chi connectivity index (χ1) is 7.70. The lowest BCUT2D eigenvalue weighted by Gasteiger charge is -2.37. The highest BCUT2D eigenvalue weighted by atomic mass is 16.5. The van der Waals surface area contributed by atoms with Crippen molar-refractivity contribution in [1.29, 1.82) is 0 Å². The average molecular weight is 221 g/mol. The molecule has 1 aliphatic rings. The van der Waals surface area contributed by atoms with Gasteiger partial charge in [-0.3, -0.25) is 4.90 Å². The van der Waals surface area contributed by atoms with Gasteiger partial charge in [0.2, 0.25) is 0 Å². The first kappa shape index (κ1) is 11.1. The summed E-state index contributed by atoms with van der Waals surface area (Å²) in [6.45, 7) is 1.22. The van der Waals surface area contributed by atoms with E-state index < -0.39 is 12.1 Å². The zero-order chi connectivity index (χ0) is 11.5. The minimum atomic E-state index is -0.902. The van der Waals surface area contributed by atoms with Crippen LogP contribution in [0, 0.1) is 0 Å². The van der Waals surface area contributed by atoms with Gasteiger partial charge in [-0.1, -0.05) is 30.3 Å². The van der Waals surface area contributed by atoms with Gasteiger partial charge >= 0.3 is 5.97 Å². The molecular formula is C12H15NO3. The van der Waals surface area contributed by atoms with Gasteiger partial charge in [-0.25, -0.2) is 4.79 Å². The second kappa shape index (κ2) is 4.63. The van der Waals surface area contributed by atoms with Crippen LogP contribution in [0.4, 0.5) is 0 Å². The zero-order valence-corrected chi connectivity index (χ0v) is 9.17. The van der Waals surface area contributed by atoms with Gasteiger partial charge in [-0.15, -0.1) is 0 Å². The van der Waals surface area contributed by atoms with E-state index in [4.69, 9.17) is 9.84 Å². The van der Waals surface area contributed by atoms with E-state index in [9.17, 15) is 4.79 Å². The molecule has 0 radical (unpaired) electrons. The molecule has 86 valence electrons. The SMILES string of the molecule is CN1CCOC(C(=O)O)C1c1ccccc1. The van der Waals surface area contributed by atoms with Gasteiger partial charge < -0.3 is 9.84 Å². The monoisotopic (exact) mass is 221 g/mol. The highest BCUT2D eigenvalue weighted by Gasteiger charge is 2.36. The van der Waals surface area contributed by atoms with Crippen LogP contribution in [0.1, 0.15) is 11.6 Å². The van der Waals surface area contributed by atoms with Gasteiger partial charge in [0.15, 0.2) is 6.10 Å². The van der Waals surface area contributed by atoms with Crippen molar-refractivity contribution in [3.05, 3.63) is 35.9 Å². The van der Waals surface area contributed by atoms with Crippen molar-refractivity contribution >= 4 is 5.97 Å². The standard InChI is InChI=1S/C12H15NO3/c1-13-7-8-16-11(12(14)15)10(13)9-5-3-2-4-6-9/h2-6,10-11H,7-8H2,1H3,(H,14,15). The molecular weight excluding hydrogens is 206 g/mol. The number of benzene rings is 1. The minimum Gasteiger partial charge on any atom is -0.479 e. The molecule has 1 fully saturated rings. The summed E-state index contributed by atoms with van der Waals surface area (Å²) in [6.07, 6.45) is -0.777. The van der Waals surface area contributed by atoms with Crippen molar-refractivity contribution in [3.8, 4) is 0 Å². The normalized spacial score (nSPS) is 26.6. The Bertz CT molecular complexity index is 366. The van der Waals surface area contributed by atoms with E-state index >= 15 is 0 Å². The molecule has 1 N–H and O–H groups in total. The van der Waals surface area contributed by atoms with Gasteiger partial charge in [0.1, 0.15) is 0 Å². The number of carboxylic acids is 1. The molecule has 2 rings (SSSR count). The predicted octanol–water partition coefficient (Wildman–Crippen LogP) is 1.14. The summed E-state index contributed by atoms with van der Waals surface area (Å²) >= 11 is 0. The van der Waals surface area contributed by atoms with Crippen LogP contribution >= 0.6 is 0 Å². The molecule has 1 heterocycles. The summed E-state index contributed by atoms with van der Waals surface area (Å²) in [7, 11) is 1.93. The maximum absolute atomic E-state index is 11.1. The molecule has 1 aromatic carbocycles. The maximum atomic E-state index is 11.1. The first-order valence-corrected chi connectivity index (χ1v) is 5.30. The Kier molecular flexibility index (Phi) is 3.22. The number of likely N-dealkylation sites (N-methyl/N-ethyl adjacent to an activating group) is 1. The topological polar surface area (TPSA) is 49.8 Å². The Labute approximate surface area is 94.4 Å². The third-order valence-electron chi connectivity index (χ3n) is 2.89. The number of carboxylic acid groups (broad SMARTS) is 1. The van der Waals surface area contributed by atoms with E-state index in [0.29, 0.717) is 6.61 Å². The molecule has 2 atom stereocenters. The first-order valence-electron chi connectivity index (χ1n) is 5.30. The fraction of sp³-hybridized carbons (Fsp3) is 0.417. The van der Waals surface area contributed by atoms with Crippen molar-refractivity contribution < 1.29 is 14.6 Å². The lowest BCUT2D eigenvalue weighted by Crippen LogP contribution is -2.46. The number of ether oxygens (including phenoxy) is 1. The van der Waals surface area contributed by atoms with E-state index in [1.807, 2.05) is 42.3 Å². The van der Waals surface area contributed by atoms with Crippen molar-refractivity contribution in [2.24, 2.45) is 0 Å². The van der Waals surface area contributed by atoms with Gasteiger partial charge in [-0.2, -0.15) is 0 Å². The third-order valence-corrected chi connectivity index (χ3v) is 2.89. The minimum absolute atomic E-state index is 0.201. The summed E-state index contributed by atoms with van der Waals surface area (Å²) < 4.78 is 5.34. The average Bonchev–Trinajstić information content (AvgIpc) is 2.29. The largest absolute Gasteiger partial charge is 0.479 e. The van der Waals surface area contributed by atoms with Crippen LogP contribution in [0.3, 0.4) is 0 Å². The smallest absolute Gasteiger partial charge is 0.334 e. The van der Waals surface area contributed by atoms with Crippen LogP contribution < -0.4 is 0 Å². The number of rotatable bonds is 2. The van der Waals surface area contributed by atoms with Crippen LogP contribution in [-0.2, 0) is 9.53 Å². The summed E-state index contributed by atoms with van der Waals surface area (Å²) in [4.78, 5) is 13.2. The fourth-order valence-electron chi connectivity index (χ4n) is 2.07. The third kappa shape index (κ3) is 2.08. The predicted molar refractivity (Wildman–Crippen MR) is 59.2 cm³/mol. The van der Waals surface area contributed by atoms with E-state index in [2.05, 4.69) is 0 Å². The number of carbonyl (C=O) groups is 1. The molecule has 1 aliphatic heterocycles. The zero-order valence-electron chi connectivity index (χ0n) is 9.17. The summed E-state index contributed by atoms with van der Waals surface area (Å²) in [5.74, 6) is -0.902. The van der Waals surface area contributed by atoms with Gasteiger partial charge in [-0.05, 0) is 12.6 Å². The number of hydrogen-bond acceptors (Lipinski definition) is 3. The van der Waals surface area contributed by atoms with Gasteiger partial charge in [0.25, 0.3) is 0 Å².